The summed E-state index contributed by atoms with van der Waals surface area (Å²) in [5, 5.41) is 10.3. The van der Waals surface area contributed by atoms with Gasteiger partial charge in [0.2, 0.25) is 17.8 Å². The quantitative estimate of drug-likeness (QED) is 0.0609. The Labute approximate surface area is 526 Å². The Kier molecular flexibility index (Phi) is 17.5. The molecular weight excluding hydrogens is 1100 g/mol. The van der Waals surface area contributed by atoms with E-state index in [0.717, 1.165) is 102 Å². The largest absolute Gasteiger partial charge is 0.324 e. The first-order valence-corrected chi connectivity index (χ1v) is 30.0. The van der Waals surface area contributed by atoms with Gasteiger partial charge in [-0.15, -0.1) is 0 Å². The summed E-state index contributed by atoms with van der Waals surface area (Å²) in [4.78, 5) is 21.4. The standard InChI is InChI=1S/C81H63N9/c1-7-19-70(20-8-1)88(71-21-9-2-10-22-71)76-55-43-64(44-56-76)34-31-61-37-49-67(50-38-61)82-79-85-80(83-68-51-39-62(40-52-68)32-35-65-45-57-77(58-46-65)89(72-23-11-3-12-24-72)73-25-13-4-14-26-73)87-81(86-79)84-69-53-41-63(42-54-69)33-36-66-47-59-78(60-48-66)90(74-27-15-5-16-28-74)75-29-17-6-18-30-75/h1-60H,(H3,82,83,84,85,86,87)/b34-31-,35-32-,36-33+. The predicted molar refractivity (Wildman–Crippen MR) is 379 cm³/mol. The highest BCUT2D eigenvalue weighted by Crippen LogP contribution is 2.38. The van der Waals surface area contributed by atoms with Gasteiger partial charge in [-0.2, -0.15) is 15.0 Å². The number of rotatable bonds is 21. The third-order valence-electron chi connectivity index (χ3n) is 15.1. The molecule has 0 spiro atoms. The lowest BCUT2D eigenvalue weighted by Crippen LogP contribution is -2.09. The number of aromatic nitrogens is 3. The number of anilines is 15. The molecule has 3 N–H and O–H groups in total. The fourth-order valence-corrected chi connectivity index (χ4v) is 10.5. The molecule has 9 nitrogen and oxygen atoms in total. The number of hydrogen-bond acceptors (Lipinski definition) is 9. The topological polar surface area (TPSA) is 84.5 Å². The maximum absolute atomic E-state index is 4.86. The second kappa shape index (κ2) is 27.8. The Morgan fingerprint density at radius 1 is 0.178 bits per heavy atom. The van der Waals surface area contributed by atoms with E-state index >= 15 is 0 Å². The molecular formula is C81H63N9. The van der Waals surface area contributed by atoms with E-state index in [1.807, 2.05) is 72.8 Å². The molecule has 0 unspecified atom stereocenters. The van der Waals surface area contributed by atoms with Gasteiger partial charge < -0.3 is 30.7 Å². The minimum atomic E-state index is 0.376. The average molecular weight is 1160 g/mol. The van der Waals surface area contributed by atoms with Gasteiger partial charge in [-0.25, -0.2) is 0 Å². The van der Waals surface area contributed by atoms with Gasteiger partial charge in [0.05, 0.1) is 0 Å². The summed E-state index contributed by atoms with van der Waals surface area (Å²) < 4.78 is 0. The van der Waals surface area contributed by atoms with E-state index < -0.39 is 0 Å². The van der Waals surface area contributed by atoms with Gasteiger partial charge in [-0.1, -0.05) is 218 Å². The van der Waals surface area contributed by atoms with E-state index in [9.17, 15) is 0 Å². The van der Waals surface area contributed by atoms with Crippen molar-refractivity contribution in [3.8, 4) is 0 Å². The van der Waals surface area contributed by atoms with E-state index in [1.54, 1.807) is 0 Å². The zero-order chi connectivity index (χ0) is 60.5. The molecule has 9 heteroatoms. The van der Waals surface area contributed by atoms with Crippen molar-refractivity contribution in [3.05, 3.63) is 361 Å². The van der Waals surface area contributed by atoms with Crippen LogP contribution in [0.2, 0.25) is 0 Å². The van der Waals surface area contributed by atoms with E-state index in [1.165, 1.54) is 0 Å². The van der Waals surface area contributed by atoms with Crippen LogP contribution in [0.3, 0.4) is 0 Å². The lowest BCUT2D eigenvalue weighted by molar-refractivity contribution is 1.06. The maximum atomic E-state index is 4.86. The highest BCUT2D eigenvalue weighted by Gasteiger charge is 2.15. The molecule has 0 atom stereocenters. The van der Waals surface area contributed by atoms with Crippen molar-refractivity contribution in [1.29, 1.82) is 0 Å². The van der Waals surface area contributed by atoms with Crippen LogP contribution in [0.15, 0.2) is 328 Å². The SMILES string of the molecule is C(=C/c1ccc(N(c2ccccc2)c2ccccc2)cc1)/c1ccc(Nc2nc(Nc3ccc(/C=C\c4ccc(N(c5ccccc5)c5ccccc5)cc4)cc3)nc(Nc3ccc(/C=C/c4ccc(N(c5ccccc5)c5ccccc5)cc4)cc3)n2)cc1. The number of nitrogens with one attached hydrogen (secondary N) is 3. The molecule has 13 rings (SSSR count). The van der Waals surface area contributed by atoms with Crippen LogP contribution in [0.25, 0.3) is 36.5 Å². The van der Waals surface area contributed by atoms with Crippen LogP contribution in [0.4, 0.5) is 86.1 Å². The van der Waals surface area contributed by atoms with E-state index in [4.69, 9.17) is 15.0 Å². The fourth-order valence-electron chi connectivity index (χ4n) is 10.5. The van der Waals surface area contributed by atoms with Crippen LogP contribution in [0, 0.1) is 0 Å². The van der Waals surface area contributed by atoms with Crippen LogP contribution in [-0.4, -0.2) is 15.0 Å². The number of benzene rings is 12. The van der Waals surface area contributed by atoms with Crippen molar-refractivity contribution in [1.82, 2.24) is 15.0 Å². The van der Waals surface area contributed by atoms with Crippen molar-refractivity contribution in [2.24, 2.45) is 0 Å². The summed E-state index contributed by atoms with van der Waals surface area (Å²) in [5.41, 5.74) is 18.8. The summed E-state index contributed by atoms with van der Waals surface area (Å²) >= 11 is 0. The first-order chi connectivity index (χ1) is 44.5. The molecule has 432 valence electrons. The molecule has 0 aliphatic carbocycles. The lowest BCUT2D eigenvalue weighted by Gasteiger charge is -2.25. The van der Waals surface area contributed by atoms with E-state index in [-0.39, 0.29) is 0 Å². The third kappa shape index (κ3) is 14.5. The smallest absolute Gasteiger partial charge is 0.233 e. The molecule has 0 saturated carbocycles. The van der Waals surface area contributed by atoms with Gasteiger partial charge in [-0.3, -0.25) is 0 Å². The Morgan fingerprint density at radius 3 is 0.511 bits per heavy atom. The molecule has 0 amide bonds. The van der Waals surface area contributed by atoms with Gasteiger partial charge in [0.1, 0.15) is 0 Å². The average Bonchev–Trinajstić information content (AvgIpc) is 3.43. The molecule has 12 aromatic carbocycles. The normalized spacial score (nSPS) is 11.2. The Balaban J connectivity index is 0.702. The molecule has 0 bridgehead atoms. The Bertz CT molecular complexity index is 3880. The summed E-state index contributed by atoms with van der Waals surface area (Å²) in [6.45, 7) is 0. The first kappa shape index (κ1) is 56.8. The molecule has 0 aliphatic rings. The predicted octanol–water partition coefficient (Wildman–Crippen LogP) is 22.0. The van der Waals surface area contributed by atoms with Crippen molar-refractivity contribution in [2.75, 3.05) is 30.7 Å². The van der Waals surface area contributed by atoms with Crippen LogP contribution in [-0.2, 0) is 0 Å². The monoisotopic (exact) mass is 1160 g/mol. The summed E-state index contributed by atoms with van der Waals surface area (Å²) in [5.74, 6) is 1.13. The number of hydrogen-bond donors (Lipinski definition) is 3. The second-order valence-electron chi connectivity index (χ2n) is 21.3. The van der Waals surface area contributed by atoms with Crippen LogP contribution in [0.5, 0.6) is 0 Å². The van der Waals surface area contributed by atoms with Crippen LogP contribution < -0.4 is 30.7 Å². The molecule has 0 saturated heterocycles. The summed E-state index contributed by atoms with van der Waals surface area (Å²) in [6.07, 6.45) is 12.7. The van der Waals surface area contributed by atoms with Crippen molar-refractivity contribution in [2.45, 2.75) is 0 Å². The molecule has 0 fully saturated rings. The second-order valence-corrected chi connectivity index (χ2v) is 21.3. The van der Waals surface area contributed by atoms with E-state index in [0.29, 0.717) is 17.8 Å². The maximum Gasteiger partial charge on any atom is 0.233 e. The van der Waals surface area contributed by atoms with Crippen molar-refractivity contribution < 1.29 is 0 Å². The van der Waals surface area contributed by atoms with Gasteiger partial charge in [0.25, 0.3) is 0 Å². The number of nitrogens with zero attached hydrogens (tertiary/aromatic N) is 6. The molecule has 0 aliphatic heterocycles. The zero-order valence-electron chi connectivity index (χ0n) is 49.3. The third-order valence-corrected chi connectivity index (χ3v) is 15.1. The Hall–Kier alpha value is -12.3. The minimum absolute atomic E-state index is 0.376. The Morgan fingerprint density at radius 2 is 0.333 bits per heavy atom. The summed E-state index contributed by atoms with van der Waals surface area (Å²) in [7, 11) is 0. The van der Waals surface area contributed by atoms with Crippen molar-refractivity contribution >= 4 is 123 Å². The van der Waals surface area contributed by atoms with Gasteiger partial charge >= 0.3 is 0 Å². The lowest BCUT2D eigenvalue weighted by atomic mass is 10.1. The van der Waals surface area contributed by atoms with Crippen LogP contribution in [0.1, 0.15) is 33.4 Å². The van der Waals surface area contributed by atoms with Crippen LogP contribution >= 0.6 is 0 Å². The van der Waals surface area contributed by atoms with Crippen molar-refractivity contribution in [3.63, 3.8) is 0 Å². The highest BCUT2D eigenvalue weighted by molar-refractivity contribution is 5.82. The summed E-state index contributed by atoms with van der Waals surface area (Å²) in [6, 6.07) is 113. The van der Waals surface area contributed by atoms with Gasteiger partial charge in [0, 0.05) is 68.2 Å². The molecule has 90 heavy (non-hydrogen) atoms. The van der Waals surface area contributed by atoms with E-state index in [2.05, 4.69) is 322 Å². The highest BCUT2D eigenvalue weighted by atomic mass is 15.3. The molecule has 1 heterocycles. The van der Waals surface area contributed by atoms with Gasteiger partial charge in [-0.05, 0) is 179 Å². The first-order valence-electron chi connectivity index (χ1n) is 30.0. The molecule has 13 aromatic rings. The zero-order valence-corrected chi connectivity index (χ0v) is 49.3. The number of para-hydroxylation sites is 6. The van der Waals surface area contributed by atoms with Gasteiger partial charge in [0.15, 0.2) is 0 Å². The molecule has 1 aromatic heterocycles. The minimum Gasteiger partial charge on any atom is -0.324 e. The fraction of sp³-hybridized carbons (Fsp3) is 0. The molecule has 0 radical (unpaired) electrons.